The van der Waals surface area contributed by atoms with E-state index in [1.54, 1.807) is 18.2 Å². The van der Waals surface area contributed by atoms with Crippen molar-refractivity contribution in [3.05, 3.63) is 47.8 Å². The van der Waals surface area contributed by atoms with Crippen molar-refractivity contribution < 1.29 is 22.7 Å². The fraction of sp³-hybridized carbons (Fsp3) is 0.286. The van der Waals surface area contributed by atoms with Gasteiger partial charge >= 0.3 is 12.1 Å². The predicted octanol–water partition coefficient (Wildman–Crippen LogP) is 3.00. The lowest BCUT2D eigenvalue weighted by Gasteiger charge is -2.09. The summed E-state index contributed by atoms with van der Waals surface area (Å²) in [6.45, 7) is 0. The zero-order valence-electron chi connectivity index (χ0n) is 11.2. The summed E-state index contributed by atoms with van der Waals surface area (Å²) in [5, 5.41) is 3.94. The molecule has 0 aliphatic carbocycles. The average molecular weight is 298 g/mol. The molecule has 0 N–H and O–H groups in total. The van der Waals surface area contributed by atoms with E-state index in [4.69, 9.17) is 0 Å². The van der Waals surface area contributed by atoms with E-state index in [1.807, 2.05) is 0 Å². The Hall–Kier alpha value is -2.31. The molecule has 0 saturated heterocycles. The molecule has 21 heavy (non-hydrogen) atoms. The number of aromatic nitrogens is 2. The summed E-state index contributed by atoms with van der Waals surface area (Å²) in [5.41, 5.74) is -0.362. The smallest absolute Gasteiger partial charge is 0.433 e. The summed E-state index contributed by atoms with van der Waals surface area (Å²) >= 11 is 0. The number of para-hydroxylation sites is 1. The highest BCUT2D eigenvalue weighted by molar-refractivity contribution is 5.69. The maximum absolute atomic E-state index is 13.1. The molecule has 0 unspecified atom stereocenters. The molecule has 1 aromatic carbocycles. The van der Waals surface area contributed by atoms with Gasteiger partial charge in [0.2, 0.25) is 0 Å². The Morgan fingerprint density at radius 1 is 1.29 bits per heavy atom. The predicted molar refractivity (Wildman–Crippen MR) is 68.9 cm³/mol. The van der Waals surface area contributed by atoms with Crippen LogP contribution in [0.3, 0.4) is 0 Å². The summed E-state index contributed by atoms with van der Waals surface area (Å²) in [6, 6.07) is 8.99. The van der Waals surface area contributed by atoms with E-state index in [1.165, 1.54) is 19.2 Å². The fourth-order valence-electron chi connectivity index (χ4n) is 1.85. The Kier molecular flexibility index (Phi) is 4.30. The summed E-state index contributed by atoms with van der Waals surface area (Å²) < 4.78 is 44.5. The number of rotatable bonds is 4. The second kappa shape index (κ2) is 5.99. The first-order chi connectivity index (χ1) is 9.91. The topological polar surface area (TPSA) is 44.1 Å². The van der Waals surface area contributed by atoms with Crippen LogP contribution < -0.4 is 0 Å². The van der Waals surface area contributed by atoms with Crippen molar-refractivity contribution in [2.75, 3.05) is 7.11 Å². The Morgan fingerprint density at radius 3 is 2.52 bits per heavy atom. The van der Waals surface area contributed by atoms with Crippen molar-refractivity contribution in [2.45, 2.75) is 19.0 Å². The van der Waals surface area contributed by atoms with E-state index in [9.17, 15) is 18.0 Å². The third-order valence-electron chi connectivity index (χ3n) is 2.86. The zero-order valence-corrected chi connectivity index (χ0v) is 11.2. The van der Waals surface area contributed by atoms with E-state index in [-0.39, 0.29) is 18.5 Å². The van der Waals surface area contributed by atoms with Crippen LogP contribution >= 0.6 is 0 Å². The molecule has 2 rings (SSSR count). The summed E-state index contributed by atoms with van der Waals surface area (Å²) in [6.07, 6.45) is -4.44. The summed E-state index contributed by atoms with van der Waals surface area (Å²) in [5.74, 6) is -0.488. The van der Waals surface area contributed by atoms with E-state index in [2.05, 4.69) is 9.84 Å². The van der Waals surface area contributed by atoms with Gasteiger partial charge in [-0.3, -0.25) is 4.79 Å². The minimum Gasteiger partial charge on any atom is -0.469 e. The minimum atomic E-state index is -4.52. The number of ether oxygens (including phenoxy) is 1. The number of nitrogens with zero attached hydrogens (tertiary/aromatic N) is 2. The van der Waals surface area contributed by atoms with E-state index >= 15 is 0 Å². The van der Waals surface area contributed by atoms with Crippen LogP contribution in [0.5, 0.6) is 0 Å². The van der Waals surface area contributed by atoms with Crippen LogP contribution in [-0.4, -0.2) is 22.9 Å². The van der Waals surface area contributed by atoms with Crippen LogP contribution in [0.2, 0.25) is 0 Å². The van der Waals surface area contributed by atoms with Gasteiger partial charge in [0.15, 0.2) is 0 Å². The number of benzene rings is 1. The third-order valence-corrected chi connectivity index (χ3v) is 2.86. The number of alkyl halides is 3. The molecular weight excluding hydrogens is 285 g/mol. The second-order valence-electron chi connectivity index (χ2n) is 4.34. The normalized spacial score (nSPS) is 11.4. The van der Waals surface area contributed by atoms with Crippen LogP contribution in [0.25, 0.3) is 5.69 Å². The van der Waals surface area contributed by atoms with Crippen LogP contribution in [0.4, 0.5) is 13.2 Å². The third kappa shape index (κ3) is 3.62. The van der Waals surface area contributed by atoms with Crippen molar-refractivity contribution in [1.29, 1.82) is 0 Å². The van der Waals surface area contributed by atoms with Crippen LogP contribution in [-0.2, 0) is 22.1 Å². The number of hydrogen-bond donors (Lipinski definition) is 0. The minimum absolute atomic E-state index is 0.0143. The van der Waals surface area contributed by atoms with Gasteiger partial charge in [0, 0.05) is 6.42 Å². The van der Waals surface area contributed by atoms with E-state index in [0.717, 1.165) is 10.7 Å². The molecule has 7 heteroatoms. The molecule has 0 atom stereocenters. The van der Waals surface area contributed by atoms with Gasteiger partial charge < -0.3 is 4.74 Å². The number of methoxy groups -OCH3 is 1. The van der Waals surface area contributed by atoms with Crippen LogP contribution in [0, 0.1) is 0 Å². The maximum atomic E-state index is 13.1. The van der Waals surface area contributed by atoms with Crippen molar-refractivity contribution in [1.82, 2.24) is 9.78 Å². The highest BCUT2D eigenvalue weighted by Crippen LogP contribution is 2.31. The lowest BCUT2D eigenvalue weighted by atomic mass is 10.2. The Morgan fingerprint density at radius 2 is 1.95 bits per heavy atom. The number of carbonyl (C=O) groups is 1. The van der Waals surface area contributed by atoms with Crippen LogP contribution in [0.15, 0.2) is 36.4 Å². The molecule has 0 aliphatic rings. The quantitative estimate of drug-likeness (QED) is 0.815. The van der Waals surface area contributed by atoms with E-state index < -0.39 is 17.8 Å². The lowest BCUT2D eigenvalue weighted by Crippen LogP contribution is -2.13. The lowest BCUT2D eigenvalue weighted by molar-refractivity contribution is -0.143. The number of carbonyl (C=O) groups excluding carboxylic acids is 1. The number of esters is 1. The van der Waals surface area contributed by atoms with Gasteiger partial charge in [0.1, 0.15) is 5.69 Å². The molecule has 4 nitrogen and oxygen atoms in total. The van der Waals surface area contributed by atoms with Crippen molar-refractivity contribution in [2.24, 2.45) is 0 Å². The highest BCUT2D eigenvalue weighted by Gasteiger charge is 2.36. The van der Waals surface area contributed by atoms with Gasteiger partial charge in [-0.05, 0) is 18.2 Å². The Balaban J connectivity index is 2.35. The first-order valence-electron chi connectivity index (χ1n) is 6.20. The number of aryl methyl sites for hydroxylation is 1. The van der Waals surface area contributed by atoms with E-state index in [0.29, 0.717) is 5.69 Å². The summed E-state index contributed by atoms with van der Waals surface area (Å²) in [7, 11) is 1.23. The molecular formula is C14H13F3N2O2. The molecule has 112 valence electrons. The van der Waals surface area contributed by atoms with Crippen LogP contribution in [0.1, 0.15) is 17.8 Å². The molecule has 0 bridgehead atoms. The van der Waals surface area contributed by atoms with Gasteiger partial charge in [-0.25, -0.2) is 4.68 Å². The molecule has 0 saturated carbocycles. The van der Waals surface area contributed by atoms with Crippen molar-refractivity contribution >= 4 is 5.97 Å². The molecule has 0 fully saturated rings. The first kappa shape index (κ1) is 15.1. The molecule has 0 aliphatic heterocycles. The highest BCUT2D eigenvalue weighted by atomic mass is 19.4. The van der Waals surface area contributed by atoms with Crippen molar-refractivity contribution in [3.8, 4) is 5.69 Å². The average Bonchev–Trinajstić information content (AvgIpc) is 2.90. The molecule has 0 spiro atoms. The molecule has 0 amide bonds. The Bertz CT molecular complexity index is 621. The monoisotopic (exact) mass is 298 g/mol. The SMILES string of the molecule is COC(=O)CCc1cc(C(F)(F)F)n(-c2ccccc2)n1. The van der Waals surface area contributed by atoms with Gasteiger partial charge in [0.25, 0.3) is 0 Å². The molecule has 1 heterocycles. The van der Waals surface area contributed by atoms with Crippen molar-refractivity contribution in [3.63, 3.8) is 0 Å². The molecule has 0 radical (unpaired) electrons. The van der Waals surface area contributed by atoms with Gasteiger partial charge in [0.05, 0.1) is 24.9 Å². The largest absolute Gasteiger partial charge is 0.469 e. The second-order valence-corrected chi connectivity index (χ2v) is 4.34. The first-order valence-corrected chi connectivity index (χ1v) is 6.20. The number of halogens is 3. The van der Waals surface area contributed by atoms with Gasteiger partial charge in [-0.2, -0.15) is 18.3 Å². The standard InChI is InChI=1S/C14H13F3N2O2/c1-21-13(20)8-7-10-9-12(14(15,16)17)19(18-10)11-5-3-2-4-6-11/h2-6,9H,7-8H2,1H3. The number of hydrogen-bond acceptors (Lipinski definition) is 3. The van der Waals surface area contributed by atoms with Gasteiger partial charge in [-0.1, -0.05) is 18.2 Å². The summed E-state index contributed by atoms with van der Waals surface area (Å²) in [4.78, 5) is 11.1. The molecule has 2 aromatic rings. The maximum Gasteiger partial charge on any atom is 0.433 e. The molecule has 1 aromatic heterocycles. The zero-order chi connectivity index (χ0) is 15.5. The fourth-order valence-corrected chi connectivity index (χ4v) is 1.85. The van der Waals surface area contributed by atoms with Gasteiger partial charge in [-0.15, -0.1) is 0 Å². The Labute approximate surface area is 119 Å².